The summed E-state index contributed by atoms with van der Waals surface area (Å²) in [6.45, 7) is 9.12. The zero-order valence-electron chi connectivity index (χ0n) is 13.9. The number of nitrogens with zero attached hydrogens (tertiary/aromatic N) is 1. The van der Waals surface area contributed by atoms with Crippen LogP contribution in [0.2, 0.25) is 0 Å². The Morgan fingerprint density at radius 1 is 1.22 bits per heavy atom. The van der Waals surface area contributed by atoms with E-state index in [4.69, 9.17) is 4.42 Å². The number of H-pyrrole nitrogens is 1. The molecule has 1 N–H and O–H groups in total. The van der Waals surface area contributed by atoms with E-state index in [1.165, 1.54) is 11.1 Å². The molecule has 0 radical (unpaired) electrons. The van der Waals surface area contributed by atoms with Crippen LogP contribution in [0, 0.1) is 0 Å². The summed E-state index contributed by atoms with van der Waals surface area (Å²) in [5, 5.41) is 8.34. The Balaban J connectivity index is 2.14. The van der Waals surface area contributed by atoms with Gasteiger partial charge in [0.15, 0.2) is 12.0 Å². The van der Waals surface area contributed by atoms with Crippen molar-refractivity contribution in [1.29, 1.82) is 0 Å². The summed E-state index contributed by atoms with van der Waals surface area (Å²) in [4.78, 5) is 11.0. The molecule has 118 valence electrons. The standard InChI is InChI=1S/C19H20N2O2/c1-18(2)10-19(3,4)17-13(18)7-14-12(8-20-21-14)16(17)15-6-5-11(9-22)23-15/h5-9H,10H2,1-4H3,(H,20,21). The number of aromatic nitrogens is 2. The molecule has 0 fully saturated rings. The van der Waals surface area contributed by atoms with Crippen LogP contribution in [0.3, 0.4) is 0 Å². The highest BCUT2D eigenvalue weighted by molar-refractivity contribution is 5.97. The van der Waals surface area contributed by atoms with Gasteiger partial charge < -0.3 is 4.42 Å². The van der Waals surface area contributed by atoms with Crippen molar-refractivity contribution < 1.29 is 9.21 Å². The van der Waals surface area contributed by atoms with Gasteiger partial charge in [-0.15, -0.1) is 0 Å². The predicted octanol–water partition coefficient (Wildman–Crippen LogP) is 4.59. The second kappa shape index (κ2) is 4.34. The minimum absolute atomic E-state index is 0.0355. The Kier molecular flexibility index (Phi) is 2.69. The van der Waals surface area contributed by atoms with Crippen molar-refractivity contribution in [1.82, 2.24) is 10.2 Å². The summed E-state index contributed by atoms with van der Waals surface area (Å²) in [6, 6.07) is 5.83. The van der Waals surface area contributed by atoms with E-state index in [9.17, 15) is 4.79 Å². The van der Waals surface area contributed by atoms with Gasteiger partial charge in [0, 0.05) is 10.9 Å². The first-order chi connectivity index (χ1) is 10.8. The van der Waals surface area contributed by atoms with Crippen molar-refractivity contribution in [2.75, 3.05) is 0 Å². The van der Waals surface area contributed by atoms with Gasteiger partial charge >= 0.3 is 0 Å². The second-order valence-electron chi connectivity index (χ2n) is 7.77. The molecule has 4 nitrogen and oxygen atoms in total. The monoisotopic (exact) mass is 308 g/mol. The number of aldehydes is 1. The van der Waals surface area contributed by atoms with E-state index >= 15 is 0 Å². The fourth-order valence-corrected chi connectivity index (χ4v) is 4.42. The number of aromatic amines is 1. The van der Waals surface area contributed by atoms with Crippen LogP contribution in [-0.4, -0.2) is 16.5 Å². The van der Waals surface area contributed by atoms with Crippen LogP contribution >= 0.6 is 0 Å². The summed E-state index contributed by atoms with van der Waals surface area (Å²) in [6.07, 6.45) is 3.66. The van der Waals surface area contributed by atoms with Crippen LogP contribution in [0.1, 0.15) is 55.8 Å². The molecular weight excluding hydrogens is 288 g/mol. The fourth-order valence-electron chi connectivity index (χ4n) is 4.42. The topological polar surface area (TPSA) is 58.9 Å². The first kappa shape index (κ1) is 14.2. The quantitative estimate of drug-likeness (QED) is 0.704. The van der Waals surface area contributed by atoms with Gasteiger partial charge in [-0.25, -0.2) is 0 Å². The summed E-state index contributed by atoms with van der Waals surface area (Å²) >= 11 is 0. The minimum Gasteiger partial charge on any atom is -0.453 e. The Morgan fingerprint density at radius 2 is 2.00 bits per heavy atom. The molecule has 0 amide bonds. The van der Waals surface area contributed by atoms with E-state index in [2.05, 4.69) is 44.0 Å². The highest BCUT2D eigenvalue weighted by Crippen LogP contribution is 2.54. The third-order valence-corrected chi connectivity index (χ3v) is 5.03. The molecule has 1 aliphatic carbocycles. The van der Waals surface area contributed by atoms with E-state index < -0.39 is 0 Å². The number of fused-ring (bicyclic) bond motifs is 2. The zero-order valence-corrected chi connectivity index (χ0v) is 13.9. The first-order valence-corrected chi connectivity index (χ1v) is 7.90. The van der Waals surface area contributed by atoms with E-state index in [1.807, 2.05) is 12.3 Å². The number of hydrogen-bond donors (Lipinski definition) is 1. The molecule has 3 aromatic rings. The van der Waals surface area contributed by atoms with Crippen LogP contribution < -0.4 is 0 Å². The van der Waals surface area contributed by atoms with Gasteiger partial charge in [-0.2, -0.15) is 5.10 Å². The molecule has 0 aliphatic heterocycles. The van der Waals surface area contributed by atoms with E-state index in [-0.39, 0.29) is 10.8 Å². The zero-order chi connectivity index (χ0) is 16.4. The molecule has 2 aromatic heterocycles. The molecule has 0 saturated carbocycles. The number of furan rings is 1. The average Bonchev–Trinajstić information content (AvgIpc) is 3.15. The molecular formula is C19H20N2O2. The summed E-state index contributed by atoms with van der Waals surface area (Å²) < 4.78 is 5.77. The van der Waals surface area contributed by atoms with Gasteiger partial charge in [0.05, 0.1) is 11.7 Å². The Labute approximate surface area is 134 Å². The summed E-state index contributed by atoms with van der Waals surface area (Å²) in [5.74, 6) is 1.09. The van der Waals surface area contributed by atoms with Crippen molar-refractivity contribution in [2.45, 2.75) is 44.9 Å². The van der Waals surface area contributed by atoms with E-state index in [0.717, 1.165) is 34.9 Å². The van der Waals surface area contributed by atoms with Crippen molar-refractivity contribution in [3.05, 3.63) is 41.3 Å². The maximum Gasteiger partial charge on any atom is 0.185 e. The van der Waals surface area contributed by atoms with Crippen molar-refractivity contribution in [3.8, 4) is 11.3 Å². The van der Waals surface area contributed by atoms with E-state index in [0.29, 0.717) is 5.76 Å². The lowest BCUT2D eigenvalue weighted by Crippen LogP contribution is -2.18. The number of rotatable bonds is 2. The summed E-state index contributed by atoms with van der Waals surface area (Å²) in [7, 11) is 0. The molecule has 0 bridgehead atoms. The number of benzene rings is 1. The molecule has 1 aromatic carbocycles. The lowest BCUT2D eigenvalue weighted by molar-refractivity contribution is 0.110. The SMILES string of the molecule is CC1(C)CC(C)(C)c2c1cc1[nH]ncc1c2-c1ccc(C=O)o1. The predicted molar refractivity (Wildman–Crippen MR) is 89.9 cm³/mol. The second-order valence-corrected chi connectivity index (χ2v) is 7.77. The molecule has 2 heterocycles. The summed E-state index contributed by atoms with van der Waals surface area (Å²) in [5.41, 5.74) is 4.84. The maximum absolute atomic E-state index is 11.0. The van der Waals surface area contributed by atoms with Gasteiger partial charge in [-0.1, -0.05) is 27.7 Å². The molecule has 0 saturated heterocycles. The Hall–Kier alpha value is -2.36. The van der Waals surface area contributed by atoms with E-state index in [1.54, 1.807) is 6.07 Å². The molecule has 1 aliphatic rings. The lowest BCUT2D eigenvalue weighted by atomic mass is 9.81. The number of hydrogen-bond acceptors (Lipinski definition) is 3. The molecule has 4 rings (SSSR count). The molecule has 0 unspecified atom stereocenters. The fraction of sp³-hybridized carbons (Fsp3) is 0.368. The van der Waals surface area contributed by atoms with Crippen molar-refractivity contribution in [3.63, 3.8) is 0 Å². The number of carbonyl (C=O) groups is 1. The molecule has 4 heteroatoms. The molecule has 0 atom stereocenters. The minimum atomic E-state index is 0.0355. The van der Waals surface area contributed by atoms with Crippen LogP contribution in [0.25, 0.3) is 22.2 Å². The first-order valence-electron chi connectivity index (χ1n) is 7.90. The Morgan fingerprint density at radius 3 is 2.70 bits per heavy atom. The normalized spacial score (nSPS) is 18.3. The van der Waals surface area contributed by atoms with Gasteiger partial charge in [-0.3, -0.25) is 9.89 Å². The van der Waals surface area contributed by atoms with Crippen LogP contribution in [0.4, 0.5) is 0 Å². The Bertz CT molecular complexity index is 928. The van der Waals surface area contributed by atoms with Crippen molar-refractivity contribution in [2.24, 2.45) is 0 Å². The lowest BCUT2D eigenvalue weighted by Gasteiger charge is -2.23. The number of carbonyl (C=O) groups excluding carboxylic acids is 1. The number of nitrogens with one attached hydrogen (secondary N) is 1. The molecule has 23 heavy (non-hydrogen) atoms. The van der Waals surface area contributed by atoms with Crippen LogP contribution in [0.15, 0.2) is 28.8 Å². The highest BCUT2D eigenvalue weighted by atomic mass is 16.3. The van der Waals surface area contributed by atoms with Crippen LogP contribution in [-0.2, 0) is 10.8 Å². The smallest absolute Gasteiger partial charge is 0.185 e. The van der Waals surface area contributed by atoms with Gasteiger partial charge in [0.2, 0.25) is 0 Å². The van der Waals surface area contributed by atoms with Crippen LogP contribution in [0.5, 0.6) is 0 Å². The average molecular weight is 308 g/mol. The van der Waals surface area contributed by atoms with Gasteiger partial charge in [-0.05, 0) is 46.6 Å². The largest absolute Gasteiger partial charge is 0.453 e. The maximum atomic E-state index is 11.0. The highest BCUT2D eigenvalue weighted by Gasteiger charge is 2.44. The molecule has 0 spiro atoms. The third kappa shape index (κ3) is 1.90. The van der Waals surface area contributed by atoms with Crippen molar-refractivity contribution >= 4 is 17.2 Å². The van der Waals surface area contributed by atoms with Gasteiger partial charge in [0.1, 0.15) is 5.76 Å². The third-order valence-electron chi connectivity index (χ3n) is 5.03. The van der Waals surface area contributed by atoms with Gasteiger partial charge in [0.25, 0.3) is 0 Å².